The maximum Gasteiger partial charge on any atom is 0.252 e. The van der Waals surface area contributed by atoms with Crippen LogP contribution in [0.4, 0.5) is 5.69 Å². The second kappa shape index (κ2) is 10.0. The Labute approximate surface area is 193 Å². The molecule has 2 aromatic rings. The highest BCUT2D eigenvalue weighted by Crippen LogP contribution is 2.30. The molecule has 0 radical (unpaired) electrons. The number of carbonyl (C=O) groups is 2. The summed E-state index contributed by atoms with van der Waals surface area (Å²) < 4.78 is 38.8. The minimum atomic E-state index is -4.00. The van der Waals surface area contributed by atoms with Crippen LogP contribution in [0.2, 0.25) is 0 Å². The molecule has 0 aromatic heterocycles. The van der Waals surface area contributed by atoms with Gasteiger partial charge in [0.05, 0.1) is 37.3 Å². The maximum atomic E-state index is 13.6. The molecule has 2 fully saturated rings. The van der Waals surface area contributed by atoms with Crippen LogP contribution < -0.4 is 9.64 Å². The van der Waals surface area contributed by atoms with Gasteiger partial charge in [-0.2, -0.15) is 4.31 Å². The first-order valence-electron chi connectivity index (χ1n) is 10.8. The molecule has 33 heavy (non-hydrogen) atoms. The predicted molar refractivity (Wildman–Crippen MR) is 121 cm³/mol. The van der Waals surface area contributed by atoms with Crippen LogP contribution in [-0.2, 0) is 24.3 Å². The van der Waals surface area contributed by atoms with Gasteiger partial charge < -0.3 is 9.47 Å². The van der Waals surface area contributed by atoms with E-state index in [0.717, 1.165) is 4.90 Å². The minimum Gasteiger partial charge on any atom is -0.497 e. The molecule has 2 aliphatic heterocycles. The number of rotatable bonds is 8. The van der Waals surface area contributed by atoms with E-state index in [4.69, 9.17) is 9.47 Å². The van der Waals surface area contributed by atoms with Crippen molar-refractivity contribution in [3.8, 4) is 5.75 Å². The van der Waals surface area contributed by atoms with Crippen molar-refractivity contribution in [2.75, 3.05) is 51.4 Å². The summed E-state index contributed by atoms with van der Waals surface area (Å²) in [6, 6.07) is 13.4. The van der Waals surface area contributed by atoms with Crippen molar-refractivity contribution >= 4 is 27.5 Å². The Balaban J connectivity index is 1.62. The molecule has 10 heteroatoms. The van der Waals surface area contributed by atoms with Crippen molar-refractivity contribution < 1.29 is 27.5 Å². The van der Waals surface area contributed by atoms with Gasteiger partial charge in [0, 0.05) is 26.2 Å². The van der Waals surface area contributed by atoms with Crippen molar-refractivity contribution in [1.82, 2.24) is 9.21 Å². The number of imide groups is 1. The predicted octanol–water partition coefficient (Wildman–Crippen LogP) is 1.35. The zero-order chi connectivity index (χ0) is 23.4. The quantitative estimate of drug-likeness (QED) is 0.534. The Hall–Kier alpha value is -2.79. The summed E-state index contributed by atoms with van der Waals surface area (Å²) in [5.41, 5.74) is 0.388. The van der Waals surface area contributed by atoms with Crippen LogP contribution in [0.5, 0.6) is 5.75 Å². The van der Waals surface area contributed by atoms with E-state index in [0.29, 0.717) is 44.3 Å². The first kappa shape index (κ1) is 23.4. The first-order valence-corrected chi connectivity index (χ1v) is 12.2. The molecule has 0 saturated carbocycles. The molecule has 2 aromatic carbocycles. The average Bonchev–Trinajstić information content (AvgIpc) is 3.13. The lowest BCUT2D eigenvalue weighted by atomic mass is 10.2. The zero-order valence-electron chi connectivity index (χ0n) is 18.4. The highest BCUT2D eigenvalue weighted by molar-refractivity contribution is 7.89. The van der Waals surface area contributed by atoms with Crippen molar-refractivity contribution in [2.24, 2.45) is 0 Å². The van der Waals surface area contributed by atoms with Gasteiger partial charge in [-0.25, -0.2) is 13.3 Å². The van der Waals surface area contributed by atoms with E-state index >= 15 is 0 Å². The number of amides is 2. The Kier molecular flexibility index (Phi) is 7.08. The summed E-state index contributed by atoms with van der Waals surface area (Å²) in [7, 11) is -2.48. The number of ether oxygens (including phenoxy) is 2. The van der Waals surface area contributed by atoms with Gasteiger partial charge in [-0.1, -0.05) is 18.2 Å². The molecule has 2 aliphatic rings. The van der Waals surface area contributed by atoms with Gasteiger partial charge in [0.15, 0.2) is 0 Å². The minimum absolute atomic E-state index is 0.0927. The van der Waals surface area contributed by atoms with E-state index < -0.39 is 27.9 Å². The van der Waals surface area contributed by atoms with Crippen molar-refractivity contribution in [2.45, 2.75) is 17.4 Å². The third-order valence-electron chi connectivity index (χ3n) is 5.89. The second-order valence-electron chi connectivity index (χ2n) is 7.87. The van der Waals surface area contributed by atoms with Crippen LogP contribution in [-0.4, -0.2) is 82.0 Å². The molecule has 1 unspecified atom stereocenters. The lowest BCUT2D eigenvalue weighted by Crippen LogP contribution is -2.49. The fraction of sp³-hybridized carbons (Fsp3) is 0.391. The van der Waals surface area contributed by atoms with Crippen molar-refractivity contribution in [3.63, 3.8) is 0 Å². The van der Waals surface area contributed by atoms with Gasteiger partial charge in [-0.3, -0.25) is 14.5 Å². The SMILES string of the molecule is COc1ccc(N2C(=O)CC(N(CCN3CCOCC3)S(=O)(=O)c3ccccc3)C2=O)cc1. The van der Waals surface area contributed by atoms with Crippen LogP contribution >= 0.6 is 0 Å². The number of morpholine rings is 1. The molecule has 0 N–H and O–H groups in total. The molecule has 0 bridgehead atoms. The third kappa shape index (κ3) is 4.93. The standard InChI is InChI=1S/C23H27N3O6S/c1-31-19-9-7-18(8-10-19)26-22(27)17-21(23(26)28)25(12-11-24-13-15-32-16-14-24)33(29,30)20-5-3-2-4-6-20/h2-10,21H,11-17H2,1H3. The van der Waals surface area contributed by atoms with Gasteiger partial charge in [0.1, 0.15) is 11.8 Å². The summed E-state index contributed by atoms with van der Waals surface area (Å²) >= 11 is 0. The van der Waals surface area contributed by atoms with Gasteiger partial charge in [0.2, 0.25) is 15.9 Å². The molecule has 2 saturated heterocycles. The van der Waals surface area contributed by atoms with Gasteiger partial charge >= 0.3 is 0 Å². The Bertz CT molecular complexity index is 1080. The van der Waals surface area contributed by atoms with Gasteiger partial charge in [0.25, 0.3) is 5.91 Å². The second-order valence-corrected chi connectivity index (χ2v) is 9.76. The smallest absolute Gasteiger partial charge is 0.252 e. The summed E-state index contributed by atoms with van der Waals surface area (Å²) in [4.78, 5) is 29.5. The Morgan fingerprint density at radius 1 is 1.03 bits per heavy atom. The Morgan fingerprint density at radius 3 is 2.33 bits per heavy atom. The number of sulfonamides is 1. The maximum absolute atomic E-state index is 13.6. The van der Waals surface area contributed by atoms with Crippen LogP contribution in [0, 0.1) is 0 Å². The van der Waals surface area contributed by atoms with E-state index in [1.165, 1.54) is 23.5 Å². The Morgan fingerprint density at radius 2 is 1.70 bits per heavy atom. The third-order valence-corrected chi connectivity index (χ3v) is 7.81. The number of methoxy groups -OCH3 is 1. The van der Waals surface area contributed by atoms with E-state index in [9.17, 15) is 18.0 Å². The van der Waals surface area contributed by atoms with E-state index in [1.54, 1.807) is 42.5 Å². The molecule has 2 amide bonds. The van der Waals surface area contributed by atoms with Crippen LogP contribution in [0.3, 0.4) is 0 Å². The molecule has 0 spiro atoms. The topological polar surface area (TPSA) is 96.5 Å². The highest BCUT2D eigenvalue weighted by Gasteiger charge is 2.46. The highest BCUT2D eigenvalue weighted by atomic mass is 32.2. The normalized spacial score (nSPS) is 19.9. The van der Waals surface area contributed by atoms with Crippen LogP contribution in [0.15, 0.2) is 59.5 Å². The number of nitrogens with zero attached hydrogens (tertiary/aromatic N) is 3. The summed E-state index contributed by atoms with van der Waals surface area (Å²) in [5, 5.41) is 0. The molecule has 0 aliphatic carbocycles. The molecule has 2 heterocycles. The van der Waals surface area contributed by atoms with Gasteiger partial charge in [-0.15, -0.1) is 0 Å². The summed E-state index contributed by atoms with van der Waals surface area (Å²) in [5.74, 6) is -0.394. The molecule has 176 valence electrons. The summed E-state index contributed by atoms with van der Waals surface area (Å²) in [6.45, 7) is 3.08. The van der Waals surface area contributed by atoms with Crippen molar-refractivity contribution in [1.29, 1.82) is 0 Å². The largest absolute Gasteiger partial charge is 0.497 e. The van der Waals surface area contributed by atoms with Crippen LogP contribution in [0.1, 0.15) is 6.42 Å². The zero-order valence-corrected chi connectivity index (χ0v) is 19.2. The molecule has 9 nitrogen and oxygen atoms in total. The molecular weight excluding hydrogens is 446 g/mol. The average molecular weight is 474 g/mol. The van der Waals surface area contributed by atoms with E-state index in [1.807, 2.05) is 0 Å². The first-order chi connectivity index (χ1) is 15.9. The summed E-state index contributed by atoms with van der Waals surface area (Å²) in [6.07, 6.45) is -0.208. The number of hydrogen-bond acceptors (Lipinski definition) is 7. The number of carbonyl (C=O) groups excluding carboxylic acids is 2. The monoisotopic (exact) mass is 473 g/mol. The fourth-order valence-electron chi connectivity index (χ4n) is 4.08. The fourth-order valence-corrected chi connectivity index (χ4v) is 5.67. The number of hydrogen-bond donors (Lipinski definition) is 0. The molecular formula is C23H27N3O6S. The number of anilines is 1. The lowest BCUT2D eigenvalue weighted by Gasteiger charge is -2.31. The van der Waals surface area contributed by atoms with Gasteiger partial charge in [-0.05, 0) is 36.4 Å². The molecule has 1 atom stereocenters. The van der Waals surface area contributed by atoms with Crippen molar-refractivity contribution in [3.05, 3.63) is 54.6 Å². The number of benzene rings is 2. The van der Waals surface area contributed by atoms with E-state index in [-0.39, 0.29) is 17.9 Å². The lowest BCUT2D eigenvalue weighted by molar-refractivity contribution is -0.122. The van der Waals surface area contributed by atoms with Crippen LogP contribution in [0.25, 0.3) is 0 Å². The van der Waals surface area contributed by atoms with E-state index in [2.05, 4.69) is 4.90 Å². The molecule has 4 rings (SSSR count).